The Kier molecular flexibility index (Phi) is 4.53. The first-order valence-electron chi connectivity index (χ1n) is 8.64. The second-order valence-electron chi connectivity index (χ2n) is 6.38. The zero-order chi connectivity index (χ0) is 20.6. The quantitative estimate of drug-likeness (QED) is 0.568. The zero-order valence-corrected chi connectivity index (χ0v) is 15.2. The summed E-state index contributed by atoms with van der Waals surface area (Å²) in [6, 6.07) is 13.7. The van der Waals surface area contributed by atoms with E-state index in [2.05, 4.69) is 20.7 Å². The standard InChI is InChI=1S/C19H15F3N6O/c1-12-10-17(28(25-12)15-8-4-2-6-13(15)19(20,21)22)23-18(29)11-27-16-9-5-3-7-14(16)24-26-27/h2-10H,11H2,1H3,(H,23,29). The molecular formula is C19H15F3N6O. The van der Waals surface area contributed by atoms with E-state index in [1.165, 1.54) is 28.9 Å². The highest BCUT2D eigenvalue weighted by molar-refractivity contribution is 5.91. The molecule has 2 heterocycles. The molecule has 4 rings (SSSR count). The minimum Gasteiger partial charge on any atom is -0.309 e. The van der Waals surface area contributed by atoms with Crippen LogP contribution in [-0.2, 0) is 17.5 Å². The number of anilines is 1. The van der Waals surface area contributed by atoms with E-state index in [4.69, 9.17) is 0 Å². The lowest BCUT2D eigenvalue weighted by Gasteiger charge is -2.15. The van der Waals surface area contributed by atoms with Crippen molar-refractivity contribution in [2.24, 2.45) is 0 Å². The molecule has 0 aliphatic rings. The summed E-state index contributed by atoms with van der Waals surface area (Å²) < 4.78 is 42.7. The largest absolute Gasteiger partial charge is 0.418 e. The number of carbonyl (C=O) groups excluding carboxylic acids is 1. The first-order chi connectivity index (χ1) is 13.8. The minimum atomic E-state index is -4.56. The minimum absolute atomic E-state index is 0.133. The van der Waals surface area contributed by atoms with Gasteiger partial charge in [-0.25, -0.2) is 9.36 Å². The van der Waals surface area contributed by atoms with E-state index in [9.17, 15) is 18.0 Å². The third-order valence-corrected chi connectivity index (χ3v) is 4.25. The molecule has 0 atom stereocenters. The van der Waals surface area contributed by atoms with E-state index < -0.39 is 17.6 Å². The Hall–Kier alpha value is -3.69. The lowest BCUT2D eigenvalue weighted by atomic mass is 10.1. The smallest absolute Gasteiger partial charge is 0.309 e. The van der Waals surface area contributed by atoms with Crippen molar-refractivity contribution in [1.82, 2.24) is 24.8 Å². The molecule has 10 heteroatoms. The Morgan fingerprint density at radius 2 is 1.83 bits per heavy atom. The topological polar surface area (TPSA) is 77.6 Å². The van der Waals surface area contributed by atoms with Crippen LogP contribution >= 0.6 is 0 Å². The number of alkyl halides is 3. The number of rotatable bonds is 4. The molecule has 0 aliphatic heterocycles. The number of halogens is 3. The molecule has 7 nitrogen and oxygen atoms in total. The number of fused-ring (bicyclic) bond motifs is 1. The van der Waals surface area contributed by atoms with Gasteiger partial charge in [-0.15, -0.1) is 5.10 Å². The number of para-hydroxylation sites is 2. The molecule has 148 valence electrons. The second-order valence-corrected chi connectivity index (χ2v) is 6.38. The van der Waals surface area contributed by atoms with Crippen LogP contribution in [0.5, 0.6) is 0 Å². The van der Waals surface area contributed by atoms with Crippen LogP contribution in [0.2, 0.25) is 0 Å². The van der Waals surface area contributed by atoms with Gasteiger partial charge in [0, 0.05) is 6.07 Å². The molecular weight excluding hydrogens is 385 g/mol. The number of amides is 1. The second kappa shape index (κ2) is 7.04. The van der Waals surface area contributed by atoms with Crippen molar-refractivity contribution in [2.75, 3.05) is 5.32 Å². The Bertz CT molecular complexity index is 1190. The van der Waals surface area contributed by atoms with Gasteiger partial charge in [0.05, 0.1) is 22.5 Å². The molecule has 0 bridgehead atoms. The summed E-state index contributed by atoms with van der Waals surface area (Å²) >= 11 is 0. The number of carbonyl (C=O) groups is 1. The fourth-order valence-corrected chi connectivity index (χ4v) is 3.02. The monoisotopic (exact) mass is 400 g/mol. The summed E-state index contributed by atoms with van der Waals surface area (Å²) in [7, 11) is 0. The van der Waals surface area contributed by atoms with E-state index in [-0.39, 0.29) is 18.1 Å². The zero-order valence-electron chi connectivity index (χ0n) is 15.2. The number of aromatic nitrogens is 5. The summed E-state index contributed by atoms with van der Waals surface area (Å²) in [5.41, 5.74) is 0.758. The molecule has 1 N–H and O–H groups in total. The van der Waals surface area contributed by atoms with E-state index in [0.717, 1.165) is 10.7 Å². The molecule has 29 heavy (non-hydrogen) atoms. The molecule has 2 aromatic carbocycles. The van der Waals surface area contributed by atoms with E-state index in [1.54, 1.807) is 31.2 Å². The van der Waals surface area contributed by atoms with Gasteiger partial charge in [0.25, 0.3) is 0 Å². The molecule has 0 fully saturated rings. The highest BCUT2D eigenvalue weighted by atomic mass is 19.4. The fourth-order valence-electron chi connectivity index (χ4n) is 3.02. The number of nitrogens with zero attached hydrogens (tertiary/aromatic N) is 5. The molecule has 0 spiro atoms. The van der Waals surface area contributed by atoms with Crippen LogP contribution in [-0.4, -0.2) is 30.7 Å². The summed E-state index contributed by atoms with van der Waals surface area (Å²) in [6.07, 6.45) is -4.56. The van der Waals surface area contributed by atoms with Crippen LogP contribution in [0, 0.1) is 6.92 Å². The average molecular weight is 400 g/mol. The van der Waals surface area contributed by atoms with Crippen molar-refractivity contribution in [2.45, 2.75) is 19.6 Å². The van der Waals surface area contributed by atoms with Crippen LogP contribution in [0.15, 0.2) is 54.6 Å². The molecule has 0 radical (unpaired) electrons. The third kappa shape index (κ3) is 3.68. The number of hydrogen-bond acceptors (Lipinski definition) is 4. The van der Waals surface area contributed by atoms with Crippen LogP contribution in [0.25, 0.3) is 16.7 Å². The Morgan fingerprint density at radius 1 is 1.10 bits per heavy atom. The molecule has 0 unspecified atom stereocenters. The Labute approximate surface area is 162 Å². The first-order valence-corrected chi connectivity index (χ1v) is 8.64. The predicted octanol–water partition coefficient (Wildman–Crippen LogP) is 3.58. The van der Waals surface area contributed by atoms with Crippen molar-refractivity contribution in [3.63, 3.8) is 0 Å². The van der Waals surface area contributed by atoms with Crippen molar-refractivity contribution in [1.29, 1.82) is 0 Å². The summed E-state index contributed by atoms with van der Waals surface area (Å²) in [5, 5.41) is 14.7. The number of hydrogen-bond donors (Lipinski definition) is 1. The predicted molar refractivity (Wildman–Crippen MR) is 99.5 cm³/mol. The van der Waals surface area contributed by atoms with Gasteiger partial charge in [-0.3, -0.25) is 4.79 Å². The fraction of sp³-hybridized carbons (Fsp3) is 0.158. The SMILES string of the molecule is Cc1cc(NC(=O)Cn2nnc3ccccc32)n(-c2ccccc2C(F)(F)F)n1. The van der Waals surface area contributed by atoms with Crippen molar-refractivity contribution in [3.8, 4) is 5.69 Å². The lowest BCUT2D eigenvalue weighted by molar-refractivity contribution is -0.137. The Balaban J connectivity index is 1.64. The van der Waals surface area contributed by atoms with Gasteiger partial charge in [0.2, 0.25) is 5.91 Å². The maximum Gasteiger partial charge on any atom is 0.418 e. The van der Waals surface area contributed by atoms with Crippen molar-refractivity contribution >= 4 is 22.8 Å². The van der Waals surface area contributed by atoms with E-state index >= 15 is 0 Å². The molecule has 0 saturated carbocycles. The maximum absolute atomic E-state index is 13.4. The molecule has 0 aliphatic carbocycles. The maximum atomic E-state index is 13.4. The summed E-state index contributed by atoms with van der Waals surface area (Å²) in [4.78, 5) is 12.5. The van der Waals surface area contributed by atoms with Gasteiger partial charge in [0.1, 0.15) is 17.9 Å². The van der Waals surface area contributed by atoms with Gasteiger partial charge in [-0.05, 0) is 31.2 Å². The summed E-state index contributed by atoms with van der Waals surface area (Å²) in [5.74, 6) is -0.333. The van der Waals surface area contributed by atoms with Crippen LogP contribution in [0.3, 0.4) is 0 Å². The normalized spacial score (nSPS) is 11.7. The van der Waals surface area contributed by atoms with Gasteiger partial charge in [-0.2, -0.15) is 18.3 Å². The van der Waals surface area contributed by atoms with E-state index in [0.29, 0.717) is 16.7 Å². The molecule has 0 saturated heterocycles. The van der Waals surface area contributed by atoms with Crippen LogP contribution in [0.1, 0.15) is 11.3 Å². The summed E-state index contributed by atoms with van der Waals surface area (Å²) in [6.45, 7) is 1.49. The van der Waals surface area contributed by atoms with Crippen molar-refractivity contribution < 1.29 is 18.0 Å². The Morgan fingerprint density at radius 3 is 2.62 bits per heavy atom. The van der Waals surface area contributed by atoms with Gasteiger partial charge >= 0.3 is 6.18 Å². The first kappa shape index (κ1) is 18.7. The van der Waals surface area contributed by atoms with Crippen LogP contribution in [0.4, 0.5) is 19.0 Å². The van der Waals surface area contributed by atoms with Gasteiger partial charge in [0.15, 0.2) is 0 Å². The molecule has 1 amide bonds. The lowest BCUT2D eigenvalue weighted by Crippen LogP contribution is -2.22. The number of nitrogens with one attached hydrogen (secondary N) is 1. The average Bonchev–Trinajstić information content (AvgIpc) is 3.24. The van der Waals surface area contributed by atoms with Gasteiger partial charge in [-0.1, -0.05) is 29.5 Å². The van der Waals surface area contributed by atoms with E-state index in [1.807, 2.05) is 0 Å². The van der Waals surface area contributed by atoms with Gasteiger partial charge < -0.3 is 5.32 Å². The molecule has 2 aromatic heterocycles. The van der Waals surface area contributed by atoms with Crippen molar-refractivity contribution in [3.05, 3.63) is 65.9 Å². The highest BCUT2D eigenvalue weighted by Gasteiger charge is 2.34. The number of benzene rings is 2. The highest BCUT2D eigenvalue weighted by Crippen LogP contribution is 2.34. The number of aryl methyl sites for hydroxylation is 1. The van der Waals surface area contributed by atoms with Crippen LogP contribution < -0.4 is 5.32 Å². The third-order valence-electron chi connectivity index (χ3n) is 4.25. The molecule has 4 aromatic rings.